The second kappa shape index (κ2) is 8.63. The van der Waals surface area contributed by atoms with Crippen molar-refractivity contribution in [3.63, 3.8) is 0 Å². The Morgan fingerprint density at radius 1 is 1.12 bits per heavy atom. The molecule has 0 aromatic heterocycles. The van der Waals surface area contributed by atoms with Gasteiger partial charge in [0, 0.05) is 16.9 Å². The van der Waals surface area contributed by atoms with Gasteiger partial charge >= 0.3 is 0 Å². The molecule has 1 fully saturated rings. The molecule has 0 heterocycles. The highest BCUT2D eigenvalue weighted by Crippen LogP contribution is 2.37. The lowest BCUT2D eigenvalue weighted by Crippen LogP contribution is -2.39. The minimum Gasteiger partial charge on any atom is -0.393 e. The summed E-state index contributed by atoms with van der Waals surface area (Å²) in [7, 11) is 0. The summed E-state index contributed by atoms with van der Waals surface area (Å²) in [5, 5.41) is 13.6. The van der Waals surface area contributed by atoms with Crippen LogP contribution in [-0.2, 0) is 11.3 Å². The fourth-order valence-corrected chi connectivity index (χ4v) is 4.13. The highest BCUT2D eigenvalue weighted by molar-refractivity contribution is 9.10. The number of carbonyl (C=O) groups excluding carboxylic acids is 1. The third-order valence-corrected chi connectivity index (χ3v) is 5.50. The average Bonchev–Trinajstić information content (AvgIpc) is 2.63. The first-order chi connectivity index (χ1) is 12.1. The predicted molar refractivity (Wildman–Crippen MR) is 103 cm³/mol. The van der Waals surface area contributed by atoms with Crippen LogP contribution in [0.25, 0.3) is 0 Å². The van der Waals surface area contributed by atoms with E-state index in [-0.39, 0.29) is 17.7 Å². The molecular formula is C21H24BrNO2. The van der Waals surface area contributed by atoms with E-state index in [0.717, 1.165) is 41.3 Å². The summed E-state index contributed by atoms with van der Waals surface area (Å²) in [6.45, 7) is 0.507. The van der Waals surface area contributed by atoms with E-state index in [1.807, 2.05) is 54.6 Å². The Morgan fingerprint density at radius 2 is 1.88 bits per heavy atom. The number of benzene rings is 2. The fraction of sp³-hybridized carbons (Fsp3) is 0.381. The zero-order valence-corrected chi connectivity index (χ0v) is 15.8. The van der Waals surface area contributed by atoms with E-state index in [2.05, 4.69) is 21.2 Å². The van der Waals surface area contributed by atoms with Gasteiger partial charge in [0.2, 0.25) is 5.91 Å². The Morgan fingerprint density at radius 3 is 2.60 bits per heavy atom. The lowest BCUT2D eigenvalue weighted by molar-refractivity contribution is -0.125. The molecule has 2 N–H and O–H groups in total. The van der Waals surface area contributed by atoms with E-state index in [9.17, 15) is 9.90 Å². The van der Waals surface area contributed by atoms with Crippen LogP contribution in [0.15, 0.2) is 59.1 Å². The van der Waals surface area contributed by atoms with Crippen LogP contribution in [0.3, 0.4) is 0 Å². The van der Waals surface area contributed by atoms with Gasteiger partial charge in [-0.1, -0.05) is 71.2 Å². The molecule has 3 unspecified atom stereocenters. The van der Waals surface area contributed by atoms with Gasteiger partial charge in [0.25, 0.3) is 0 Å². The Balaban J connectivity index is 1.81. The van der Waals surface area contributed by atoms with E-state index in [4.69, 9.17) is 0 Å². The number of rotatable bonds is 5. The van der Waals surface area contributed by atoms with Crippen LogP contribution in [0.5, 0.6) is 0 Å². The van der Waals surface area contributed by atoms with Crippen LogP contribution < -0.4 is 5.32 Å². The average molecular weight is 402 g/mol. The normalized spacial score (nSPS) is 21.5. The molecule has 0 spiro atoms. The molecule has 25 heavy (non-hydrogen) atoms. The van der Waals surface area contributed by atoms with Crippen molar-refractivity contribution in [1.82, 2.24) is 5.32 Å². The molecule has 3 rings (SSSR count). The van der Waals surface area contributed by atoms with Crippen molar-refractivity contribution in [2.24, 2.45) is 5.92 Å². The van der Waals surface area contributed by atoms with Gasteiger partial charge in [0.05, 0.1) is 12.0 Å². The number of nitrogens with one attached hydrogen (secondary N) is 1. The van der Waals surface area contributed by atoms with E-state index in [1.165, 1.54) is 0 Å². The van der Waals surface area contributed by atoms with Gasteiger partial charge in [-0.15, -0.1) is 0 Å². The van der Waals surface area contributed by atoms with Crippen LogP contribution >= 0.6 is 15.9 Å². The maximum absolute atomic E-state index is 13.0. The molecule has 1 amide bonds. The summed E-state index contributed by atoms with van der Waals surface area (Å²) in [6.07, 6.45) is 3.35. The van der Waals surface area contributed by atoms with Gasteiger partial charge in [-0.05, 0) is 36.1 Å². The van der Waals surface area contributed by atoms with Gasteiger partial charge < -0.3 is 10.4 Å². The van der Waals surface area contributed by atoms with Crippen molar-refractivity contribution < 1.29 is 9.90 Å². The summed E-state index contributed by atoms with van der Waals surface area (Å²) in [5.74, 6) is -0.358. The summed E-state index contributed by atoms with van der Waals surface area (Å²) in [5.41, 5.74) is 2.04. The van der Waals surface area contributed by atoms with Crippen LogP contribution in [0, 0.1) is 5.92 Å². The Kier molecular flexibility index (Phi) is 6.27. The molecule has 132 valence electrons. The highest BCUT2D eigenvalue weighted by atomic mass is 79.9. The maximum atomic E-state index is 13.0. The number of halogens is 1. The lowest BCUT2D eigenvalue weighted by Gasteiger charge is -2.34. The minimum absolute atomic E-state index is 0.00657. The second-order valence-corrected chi connectivity index (χ2v) is 7.67. The molecule has 1 aliphatic rings. The van der Waals surface area contributed by atoms with Crippen molar-refractivity contribution in [3.8, 4) is 0 Å². The van der Waals surface area contributed by atoms with Crippen LogP contribution in [0.1, 0.15) is 42.7 Å². The van der Waals surface area contributed by atoms with E-state index in [0.29, 0.717) is 6.54 Å². The van der Waals surface area contributed by atoms with Gasteiger partial charge in [-0.25, -0.2) is 0 Å². The van der Waals surface area contributed by atoms with E-state index in [1.54, 1.807) is 0 Å². The van der Waals surface area contributed by atoms with Crippen molar-refractivity contribution in [3.05, 3.63) is 70.2 Å². The van der Waals surface area contributed by atoms with Crippen LogP contribution in [0.4, 0.5) is 0 Å². The van der Waals surface area contributed by atoms with Gasteiger partial charge in [0.15, 0.2) is 0 Å². The number of aliphatic hydroxyl groups excluding tert-OH is 1. The molecule has 3 nitrogen and oxygen atoms in total. The first-order valence-corrected chi connectivity index (χ1v) is 9.69. The standard InChI is InChI=1S/C21H24BrNO2/c22-17-10-6-9-16(13-17)20(18-11-4-5-12-19(18)24)21(25)23-14-15-7-2-1-3-8-15/h1-3,6-10,13,18-20,24H,4-5,11-12,14H2,(H,23,25). The summed E-state index contributed by atoms with van der Waals surface area (Å²) < 4.78 is 0.955. The number of hydrogen-bond acceptors (Lipinski definition) is 2. The lowest BCUT2D eigenvalue weighted by atomic mass is 9.74. The highest BCUT2D eigenvalue weighted by Gasteiger charge is 2.36. The molecule has 1 saturated carbocycles. The predicted octanol–water partition coefficient (Wildman–Crippen LogP) is 4.40. The smallest absolute Gasteiger partial charge is 0.228 e. The number of aliphatic hydroxyl groups is 1. The summed E-state index contributed by atoms with van der Waals surface area (Å²) in [4.78, 5) is 13.0. The Labute approximate surface area is 157 Å². The van der Waals surface area contributed by atoms with E-state index >= 15 is 0 Å². The SMILES string of the molecule is O=C(NCc1ccccc1)C(c1cccc(Br)c1)C1CCCCC1O. The quantitative estimate of drug-likeness (QED) is 0.779. The zero-order valence-electron chi connectivity index (χ0n) is 14.2. The third-order valence-electron chi connectivity index (χ3n) is 5.01. The number of hydrogen-bond donors (Lipinski definition) is 2. The molecule has 0 radical (unpaired) electrons. The van der Waals surface area contributed by atoms with Crippen LogP contribution in [0.2, 0.25) is 0 Å². The Hall–Kier alpha value is -1.65. The monoisotopic (exact) mass is 401 g/mol. The van der Waals surface area contributed by atoms with Crippen molar-refractivity contribution in [2.75, 3.05) is 0 Å². The van der Waals surface area contributed by atoms with Gasteiger partial charge in [0.1, 0.15) is 0 Å². The van der Waals surface area contributed by atoms with Crippen molar-refractivity contribution >= 4 is 21.8 Å². The molecule has 3 atom stereocenters. The molecule has 1 aliphatic carbocycles. The zero-order chi connectivity index (χ0) is 17.6. The number of amides is 1. The van der Waals surface area contributed by atoms with Gasteiger partial charge in [-0.3, -0.25) is 4.79 Å². The molecule has 4 heteroatoms. The third kappa shape index (κ3) is 4.71. The Bertz CT molecular complexity index is 704. The minimum atomic E-state index is -0.416. The van der Waals surface area contributed by atoms with E-state index < -0.39 is 6.10 Å². The topological polar surface area (TPSA) is 49.3 Å². The summed E-state index contributed by atoms with van der Waals surface area (Å²) >= 11 is 3.50. The van der Waals surface area contributed by atoms with Crippen LogP contribution in [-0.4, -0.2) is 17.1 Å². The fourth-order valence-electron chi connectivity index (χ4n) is 3.72. The molecular weight excluding hydrogens is 378 g/mol. The van der Waals surface area contributed by atoms with Gasteiger partial charge in [-0.2, -0.15) is 0 Å². The van der Waals surface area contributed by atoms with Crippen molar-refractivity contribution in [1.29, 1.82) is 0 Å². The molecule has 0 aliphatic heterocycles. The second-order valence-electron chi connectivity index (χ2n) is 6.75. The molecule has 2 aromatic rings. The summed E-state index contributed by atoms with van der Waals surface area (Å²) in [6, 6.07) is 17.8. The molecule has 0 bridgehead atoms. The van der Waals surface area contributed by atoms with Crippen molar-refractivity contribution in [2.45, 2.75) is 44.2 Å². The first-order valence-electron chi connectivity index (χ1n) is 8.90. The molecule has 2 aromatic carbocycles. The first kappa shape index (κ1) is 18.2. The maximum Gasteiger partial charge on any atom is 0.228 e. The number of carbonyl (C=O) groups is 1. The largest absolute Gasteiger partial charge is 0.393 e. The molecule has 0 saturated heterocycles.